The second-order valence-corrected chi connectivity index (χ2v) is 5.60. The average Bonchev–Trinajstić information content (AvgIpc) is 2.08. The van der Waals surface area contributed by atoms with Crippen molar-refractivity contribution in [2.45, 2.75) is 37.8 Å². The maximum atomic E-state index is 11.4. The molecule has 3 N–H and O–H groups in total. The summed E-state index contributed by atoms with van der Waals surface area (Å²) in [4.78, 5) is 0. The Labute approximate surface area is 85.6 Å². The van der Waals surface area contributed by atoms with Gasteiger partial charge in [-0.1, -0.05) is 6.08 Å². The van der Waals surface area contributed by atoms with Gasteiger partial charge in [-0.2, -0.15) is 0 Å². The molecule has 0 aromatic heterocycles. The first kappa shape index (κ1) is 11.7. The molecule has 1 aliphatic carbocycles. The zero-order chi connectivity index (χ0) is 10.6. The molecule has 5 heteroatoms. The lowest BCUT2D eigenvalue weighted by Gasteiger charge is -2.26. The van der Waals surface area contributed by atoms with Crippen molar-refractivity contribution >= 4 is 10.0 Å². The highest BCUT2D eigenvalue weighted by molar-refractivity contribution is 7.89. The number of nitrogens with two attached hydrogens (primary N) is 1. The Bertz CT molecular complexity index is 279. The van der Waals surface area contributed by atoms with Gasteiger partial charge in [-0.15, -0.1) is 6.58 Å². The SMILES string of the molecule is C=CCS(=O)(=O)NC1CCC(N)CC1. The zero-order valence-corrected chi connectivity index (χ0v) is 9.09. The molecule has 0 atom stereocenters. The summed E-state index contributed by atoms with van der Waals surface area (Å²) in [6.45, 7) is 3.41. The zero-order valence-electron chi connectivity index (χ0n) is 8.28. The third-order valence-electron chi connectivity index (χ3n) is 2.46. The van der Waals surface area contributed by atoms with E-state index in [0.717, 1.165) is 25.7 Å². The molecule has 0 aliphatic heterocycles. The fourth-order valence-corrected chi connectivity index (χ4v) is 2.84. The van der Waals surface area contributed by atoms with Gasteiger partial charge in [-0.3, -0.25) is 0 Å². The van der Waals surface area contributed by atoms with Crippen molar-refractivity contribution < 1.29 is 8.42 Å². The van der Waals surface area contributed by atoms with Crippen LogP contribution in [0.25, 0.3) is 0 Å². The molecule has 1 aliphatic rings. The number of nitrogens with one attached hydrogen (secondary N) is 1. The molecular weight excluding hydrogens is 200 g/mol. The molecule has 4 nitrogen and oxygen atoms in total. The normalized spacial score (nSPS) is 28.6. The monoisotopic (exact) mass is 218 g/mol. The standard InChI is InChI=1S/C9H18N2O2S/c1-2-7-14(12,13)11-9-5-3-8(10)4-6-9/h2,8-9,11H,1,3-7,10H2. The van der Waals surface area contributed by atoms with Crippen LogP contribution in [0.3, 0.4) is 0 Å². The Morgan fingerprint density at radius 2 is 1.93 bits per heavy atom. The minimum Gasteiger partial charge on any atom is -0.328 e. The summed E-state index contributed by atoms with van der Waals surface area (Å²) < 4.78 is 25.4. The van der Waals surface area contributed by atoms with Crippen molar-refractivity contribution in [3.8, 4) is 0 Å². The molecule has 0 heterocycles. The van der Waals surface area contributed by atoms with Gasteiger partial charge in [0.05, 0.1) is 5.75 Å². The van der Waals surface area contributed by atoms with Gasteiger partial charge in [-0.25, -0.2) is 13.1 Å². The molecule has 0 spiro atoms. The minimum absolute atomic E-state index is 0.00441. The van der Waals surface area contributed by atoms with E-state index >= 15 is 0 Å². The molecule has 14 heavy (non-hydrogen) atoms. The lowest BCUT2D eigenvalue weighted by Crippen LogP contribution is -2.41. The quantitative estimate of drug-likeness (QED) is 0.669. The Balaban J connectivity index is 2.41. The molecule has 0 radical (unpaired) electrons. The summed E-state index contributed by atoms with van der Waals surface area (Å²) in [5, 5.41) is 0. The highest BCUT2D eigenvalue weighted by Crippen LogP contribution is 2.17. The number of sulfonamides is 1. The molecule has 0 saturated heterocycles. The fourth-order valence-electron chi connectivity index (χ4n) is 1.69. The topological polar surface area (TPSA) is 72.2 Å². The van der Waals surface area contributed by atoms with Crippen LogP contribution < -0.4 is 10.5 Å². The molecule has 82 valence electrons. The fraction of sp³-hybridized carbons (Fsp3) is 0.778. The van der Waals surface area contributed by atoms with Crippen molar-refractivity contribution in [1.29, 1.82) is 0 Å². The third kappa shape index (κ3) is 3.77. The summed E-state index contributed by atoms with van der Waals surface area (Å²) >= 11 is 0. The predicted molar refractivity (Wildman–Crippen MR) is 57.4 cm³/mol. The van der Waals surface area contributed by atoms with Gasteiger partial charge in [0.25, 0.3) is 0 Å². The molecule has 1 rings (SSSR count). The van der Waals surface area contributed by atoms with Gasteiger partial charge in [0, 0.05) is 12.1 Å². The molecule has 0 aromatic rings. The number of rotatable bonds is 4. The van der Waals surface area contributed by atoms with Crippen molar-refractivity contribution in [2.75, 3.05) is 5.75 Å². The molecule has 0 unspecified atom stereocenters. The molecule has 1 saturated carbocycles. The van der Waals surface area contributed by atoms with Crippen LogP contribution in [0.4, 0.5) is 0 Å². The van der Waals surface area contributed by atoms with Crippen molar-refractivity contribution in [3.05, 3.63) is 12.7 Å². The maximum absolute atomic E-state index is 11.4. The molecule has 0 amide bonds. The maximum Gasteiger partial charge on any atom is 0.215 e. The summed E-state index contributed by atoms with van der Waals surface area (Å²) in [5.41, 5.74) is 5.73. The van der Waals surface area contributed by atoms with E-state index in [0.29, 0.717) is 0 Å². The van der Waals surface area contributed by atoms with Gasteiger partial charge in [0.15, 0.2) is 0 Å². The van der Waals surface area contributed by atoms with Gasteiger partial charge >= 0.3 is 0 Å². The summed E-state index contributed by atoms with van der Waals surface area (Å²) in [6, 6.07) is 0.315. The van der Waals surface area contributed by atoms with Gasteiger partial charge < -0.3 is 5.73 Å². The first-order valence-electron chi connectivity index (χ1n) is 4.90. The third-order valence-corrected chi connectivity index (χ3v) is 3.82. The predicted octanol–water partition coefficient (Wildman–Crippen LogP) is 0.362. The highest BCUT2D eigenvalue weighted by atomic mass is 32.2. The Morgan fingerprint density at radius 1 is 1.36 bits per heavy atom. The van der Waals surface area contributed by atoms with Crippen LogP contribution in [-0.4, -0.2) is 26.3 Å². The van der Waals surface area contributed by atoms with E-state index < -0.39 is 10.0 Å². The van der Waals surface area contributed by atoms with Crippen molar-refractivity contribution in [1.82, 2.24) is 4.72 Å². The lowest BCUT2D eigenvalue weighted by molar-refractivity contribution is 0.374. The Hall–Kier alpha value is -0.390. The summed E-state index contributed by atoms with van der Waals surface area (Å²) in [7, 11) is -3.16. The van der Waals surface area contributed by atoms with Crippen LogP contribution in [0.1, 0.15) is 25.7 Å². The van der Waals surface area contributed by atoms with Crippen LogP contribution in [0.5, 0.6) is 0 Å². The number of hydrogen-bond donors (Lipinski definition) is 2. The second kappa shape index (κ2) is 4.91. The molecule has 0 aromatic carbocycles. The van der Waals surface area contributed by atoms with E-state index in [1.807, 2.05) is 0 Å². The van der Waals surface area contributed by atoms with E-state index in [4.69, 9.17) is 5.73 Å². The Morgan fingerprint density at radius 3 is 2.43 bits per heavy atom. The Kier molecular flexibility index (Phi) is 4.10. The van der Waals surface area contributed by atoms with E-state index in [1.165, 1.54) is 6.08 Å². The van der Waals surface area contributed by atoms with Gasteiger partial charge in [0.2, 0.25) is 10.0 Å². The molecule has 1 fully saturated rings. The van der Waals surface area contributed by atoms with Crippen LogP contribution in [0.15, 0.2) is 12.7 Å². The van der Waals surface area contributed by atoms with Crippen LogP contribution >= 0.6 is 0 Å². The van der Waals surface area contributed by atoms with Gasteiger partial charge in [-0.05, 0) is 25.7 Å². The van der Waals surface area contributed by atoms with E-state index in [9.17, 15) is 8.42 Å². The van der Waals surface area contributed by atoms with E-state index in [1.54, 1.807) is 0 Å². The van der Waals surface area contributed by atoms with Crippen LogP contribution in [0.2, 0.25) is 0 Å². The first-order valence-corrected chi connectivity index (χ1v) is 6.55. The van der Waals surface area contributed by atoms with Crippen LogP contribution in [0, 0.1) is 0 Å². The summed E-state index contributed by atoms with van der Waals surface area (Å²) in [6.07, 6.45) is 4.90. The summed E-state index contributed by atoms with van der Waals surface area (Å²) in [5.74, 6) is -0.00441. The smallest absolute Gasteiger partial charge is 0.215 e. The van der Waals surface area contributed by atoms with E-state index in [2.05, 4.69) is 11.3 Å². The number of hydrogen-bond acceptors (Lipinski definition) is 3. The van der Waals surface area contributed by atoms with Gasteiger partial charge in [0.1, 0.15) is 0 Å². The largest absolute Gasteiger partial charge is 0.328 e. The van der Waals surface area contributed by atoms with E-state index in [-0.39, 0.29) is 17.8 Å². The lowest BCUT2D eigenvalue weighted by atomic mass is 9.93. The molecule has 0 bridgehead atoms. The second-order valence-electron chi connectivity index (χ2n) is 3.80. The van der Waals surface area contributed by atoms with Crippen molar-refractivity contribution in [3.63, 3.8) is 0 Å². The van der Waals surface area contributed by atoms with Crippen LogP contribution in [-0.2, 0) is 10.0 Å². The first-order chi connectivity index (χ1) is 6.53. The minimum atomic E-state index is -3.16. The molecular formula is C9H18N2O2S. The average molecular weight is 218 g/mol. The van der Waals surface area contributed by atoms with Crippen molar-refractivity contribution in [2.24, 2.45) is 5.73 Å². The highest BCUT2D eigenvalue weighted by Gasteiger charge is 2.22.